The van der Waals surface area contributed by atoms with Crippen LogP contribution in [-0.2, 0) is 0 Å². The molecule has 3 nitrogen and oxygen atoms in total. The Balaban J connectivity index is 1.47. The molecule has 1 aromatic rings. The summed E-state index contributed by atoms with van der Waals surface area (Å²) in [5.41, 5.74) is 0. The quantitative estimate of drug-likeness (QED) is 0.843. The maximum atomic E-state index is 11.9. The number of hydrogen-bond donors (Lipinski definition) is 1. The molecule has 3 heterocycles. The molecule has 2 aliphatic rings. The van der Waals surface area contributed by atoms with Crippen LogP contribution in [0.5, 0.6) is 0 Å². The van der Waals surface area contributed by atoms with E-state index in [-0.39, 0.29) is 11.9 Å². The highest BCUT2D eigenvalue weighted by Crippen LogP contribution is 2.35. The largest absolute Gasteiger partial charge is 0.393 e. The minimum atomic E-state index is -0.0958. The summed E-state index contributed by atoms with van der Waals surface area (Å²) < 4.78 is 0. The molecule has 0 aliphatic carbocycles. The highest BCUT2D eigenvalue weighted by Gasteiger charge is 2.39. The lowest BCUT2D eigenvalue weighted by Gasteiger charge is -2.37. The van der Waals surface area contributed by atoms with E-state index < -0.39 is 0 Å². The van der Waals surface area contributed by atoms with Gasteiger partial charge in [-0.2, -0.15) is 0 Å². The molecular weight excluding hydrogens is 258 g/mol. The number of thiophene rings is 1. The first-order chi connectivity index (χ1) is 9.24. The predicted octanol–water partition coefficient (Wildman–Crippen LogP) is 2.70. The number of Topliss-reactive ketones (excluding diaryl/α,β-unsaturated/α-hetero) is 1. The lowest BCUT2D eigenvalue weighted by atomic mass is 9.99. The van der Waals surface area contributed by atoms with E-state index in [4.69, 9.17) is 0 Å². The maximum Gasteiger partial charge on any atom is 0.172 e. The minimum absolute atomic E-state index is 0.0958. The van der Waals surface area contributed by atoms with Crippen molar-refractivity contribution < 1.29 is 9.90 Å². The molecule has 4 heteroatoms. The number of aliphatic hydroxyl groups is 1. The van der Waals surface area contributed by atoms with Crippen LogP contribution in [-0.4, -0.2) is 40.5 Å². The first-order valence-electron chi connectivity index (χ1n) is 7.24. The first-order valence-corrected chi connectivity index (χ1v) is 8.12. The van der Waals surface area contributed by atoms with Crippen LogP contribution in [0.4, 0.5) is 0 Å². The van der Waals surface area contributed by atoms with Crippen LogP contribution in [0, 0.1) is 0 Å². The molecule has 2 aliphatic heterocycles. The Labute approximate surface area is 118 Å². The van der Waals surface area contributed by atoms with Crippen molar-refractivity contribution in [3.8, 4) is 0 Å². The van der Waals surface area contributed by atoms with E-state index in [1.165, 1.54) is 24.2 Å². The summed E-state index contributed by atoms with van der Waals surface area (Å²) in [6.45, 7) is 1.01. The van der Waals surface area contributed by atoms with Crippen molar-refractivity contribution >= 4 is 17.1 Å². The summed E-state index contributed by atoms with van der Waals surface area (Å²) in [6, 6.07) is 4.97. The highest BCUT2D eigenvalue weighted by molar-refractivity contribution is 7.12. The molecule has 3 rings (SSSR count). The molecule has 0 aromatic carbocycles. The average Bonchev–Trinajstić information content (AvgIpc) is 2.98. The monoisotopic (exact) mass is 279 g/mol. The summed E-state index contributed by atoms with van der Waals surface area (Å²) in [6.07, 6.45) is 5.80. The highest BCUT2D eigenvalue weighted by atomic mass is 32.1. The lowest BCUT2D eigenvalue weighted by Crippen LogP contribution is -2.45. The number of ketones is 1. The molecule has 104 valence electrons. The van der Waals surface area contributed by atoms with Gasteiger partial charge in [0.25, 0.3) is 0 Å². The van der Waals surface area contributed by atoms with Gasteiger partial charge in [0.15, 0.2) is 5.78 Å². The smallest absolute Gasteiger partial charge is 0.172 e. The van der Waals surface area contributed by atoms with Crippen molar-refractivity contribution in [2.75, 3.05) is 6.54 Å². The second-order valence-corrected chi connectivity index (χ2v) is 6.70. The third-order valence-electron chi connectivity index (χ3n) is 4.48. The molecule has 19 heavy (non-hydrogen) atoms. The van der Waals surface area contributed by atoms with Crippen LogP contribution >= 0.6 is 11.3 Å². The van der Waals surface area contributed by atoms with Crippen LogP contribution in [0.2, 0.25) is 0 Å². The summed E-state index contributed by atoms with van der Waals surface area (Å²) in [5.74, 6) is 0.277. The number of fused-ring (bicyclic) bond motifs is 2. The number of rotatable bonds is 5. The van der Waals surface area contributed by atoms with Gasteiger partial charge in [0.1, 0.15) is 0 Å². The van der Waals surface area contributed by atoms with Crippen molar-refractivity contribution in [3.05, 3.63) is 22.4 Å². The van der Waals surface area contributed by atoms with Gasteiger partial charge in [-0.05, 0) is 50.1 Å². The average molecular weight is 279 g/mol. The molecule has 2 fully saturated rings. The van der Waals surface area contributed by atoms with E-state index in [1.807, 2.05) is 17.5 Å². The molecule has 0 spiro atoms. The van der Waals surface area contributed by atoms with E-state index >= 15 is 0 Å². The zero-order valence-electron chi connectivity index (χ0n) is 11.1. The molecule has 0 amide bonds. The lowest BCUT2D eigenvalue weighted by molar-refractivity contribution is 0.0345. The van der Waals surface area contributed by atoms with Gasteiger partial charge >= 0.3 is 0 Å². The van der Waals surface area contributed by atoms with Crippen molar-refractivity contribution in [1.29, 1.82) is 0 Å². The maximum absolute atomic E-state index is 11.9. The number of aliphatic hydroxyl groups excluding tert-OH is 1. The van der Waals surface area contributed by atoms with Crippen molar-refractivity contribution in [2.45, 2.75) is 56.7 Å². The predicted molar refractivity (Wildman–Crippen MR) is 76.6 cm³/mol. The number of nitrogens with zero attached hydrogens (tertiary/aromatic N) is 1. The summed E-state index contributed by atoms with van der Waals surface area (Å²) >= 11 is 1.53. The van der Waals surface area contributed by atoms with Gasteiger partial charge in [-0.1, -0.05) is 6.07 Å². The zero-order valence-corrected chi connectivity index (χ0v) is 11.9. The van der Waals surface area contributed by atoms with Crippen molar-refractivity contribution in [3.63, 3.8) is 0 Å². The molecule has 2 bridgehead atoms. The Morgan fingerprint density at radius 3 is 2.74 bits per heavy atom. The van der Waals surface area contributed by atoms with E-state index in [0.717, 1.165) is 30.7 Å². The third-order valence-corrected chi connectivity index (χ3v) is 5.39. The first kappa shape index (κ1) is 13.3. The Kier molecular flexibility index (Phi) is 4.01. The van der Waals surface area contributed by atoms with Gasteiger partial charge in [0.05, 0.1) is 11.0 Å². The summed E-state index contributed by atoms with van der Waals surface area (Å²) in [4.78, 5) is 15.4. The molecule has 0 radical (unpaired) electrons. The van der Waals surface area contributed by atoms with Crippen molar-refractivity contribution in [1.82, 2.24) is 4.90 Å². The molecule has 1 aromatic heterocycles. The van der Waals surface area contributed by atoms with Crippen LogP contribution in [0.15, 0.2) is 17.5 Å². The molecule has 2 atom stereocenters. The molecule has 2 unspecified atom stereocenters. The minimum Gasteiger partial charge on any atom is -0.393 e. The van der Waals surface area contributed by atoms with Gasteiger partial charge < -0.3 is 5.11 Å². The third kappa shape index (κ3) is 2.91. The van der Waals surface area contributed by atoms with Crippen molar-refractivity contribution in [2.24, 2.45) is 0 Å². The Hall–Kier alpha value is -0.710. The van der Waals surface area contributed by atoms with E-state index in [0.29, 0.717) is 18.5 Å². The zero-order chi connectivity index (χ0) is 13.2. The SMILES string of the molecule is O=C(CCCN1C2CCC1CC(O)C2)c1cccs1. The standard InChI is InChI=1S/C15H21NO2S/c17-13-9-11-5-6-12(10-13)16(11)7-1-3-14(18)15-4-2-8-19-15/h2,4,8,11-13,17H,1,3,5-7,9-10H2. The molecule has 2 saturated heterocycles. The fraction of sp³-hybridized carbons (Fsp3) is 0.667. The number of carbonyl (C=O) groups is 1. The van der Waals surface area contributed by atoms with Crippen LogP contribution < -0.4 is 0 Å². The van der Waals surface area contributed by atoms with E-state index in [2.05, 4.69) is 4.90 Å². The van der Waals surface area contributed by atoms with Gasteiger partial charge in [-0.25, -0.2) is 0 Å². The van der Waals surface area contributed by atoms with Crippen LogP contribution in [0.3, 0.4) is 0 Å². The van der Waals surface area contributed by atoms with Gasteiger partial charge in [0.2, 0.25) is 0 Å². The Bertz CT molecular complexity index is 417. The van der Waals surface area contributed by atoms with E-state index in [1.54, 1.807) is 0 Å². The number of carbonyl (C=O) groups excluding carboxylic acids is 1. The summed E-state index contributed by atoms with van der Waals surface area (Å²) in [7, 11) is 0. The molecular formula is C15H21NO2S. The van der Waals surface area contributed by atoms with Gasteiger partial charge in [0, 0.05) is 18.5 Å². The normalized spacial score (nSPS) is 30.7. The number of hydrogen-bond acceptors (Lipinski definition) is 4. The Morgan fingerprint density at radius 2 is 2.11 bits per heavy atom. The fourth-order valence-electron chi connectivity index (χ4n) is 3.59. The second kappa shape index (κ2) is 5.73. The molecule has 1 N–H and O–H groups in total. The van der Waals surface area contributed by atoms with Crippen LogP contribution in [0.1, 0.15) is 48.2 Å². The topological polar surface area (TPSA) is 40.5 Å². The summed E-state index contributed by atoms with van der Waals surface area (Å²) in [5, 5.41) is 11.7. The van der Waals surface area contributed by atoms with Gasteiger partial charge in [-0.15, -0.1) is 11.3 Å². The van der Waals surface area contributed by atoms with Crippen LogP contribution in [0.25, 0.3) is 0 Å². The number of piperidine rings is 1. The molecule has 0 saturated carbocycles. The fourth-order valence-corrected chi connectivity index (χ4v) is 4.29. The Morgan fingerprint density at radius 1 is 1.37 bits per heavy atom. The van der Waals surface area contributed by atoms with Gasteiger partial charge in [-0.3, -0.25) is 9.69 Å². The second-order valence-electron chi connectivity index (χ2n) is 5.75. The van der Waals surface area contributed by atoms with E-state index in [9.17, 15) is 9.90 Å².